The van der Waals surface area contributed by atoms with Crippen molar-refractivity contribution in [3.05, 3.63) is 158 Å². The first-order chi connectivity index (χ1) is 19.8. The molecule has 0 aliphatic rings. The van der Waals surface area contributed by atoms with E-state index in [1.54, 1.807) is 0 Å². The lowest BCUT2D eigenvalue weighted by molar-refractivity contribution is 1.59. The van der Waals surface area contributed by atoms with Crippen molar-refractivity contribution in [3.63, 3.8) is 0 Å². The molecule has 0 aromatic heterocycles. The number of rotatable bonds is 5. The van der Waals surface area contributed by atoms with Crippen molar-refractivity contribution >= 4 is 44.5 Å². The van der Waals surface area contributed by atoms with Gasteiger partial charge < -0.3 is 0 Å². The molecule has 40 heavy (non-hydrogen) atoms. The van der Waals surface area contributed by atoms with E-state index in [9.17, 15) is 0 Å². The summed E-state index contributed by atoms with van der Waals surface area (Å²) >= 11 is 0. The van der Waals surface area contributed by atoms with E-state index >= 15 is 0 Å². The van der Waals surface area contributed by atoms with Gasteiger partial charge in [-0.2, -0.15) is 0 Å². The van der Waals surface area contributed by atoms with Gasteiger partial charge in [-0.3, -0.25) is 0 Å². The van der Waals surface area contributed by atoms with Crippen LogP contribution in [0.2, 0.25) is 0 Å². The summed E-state index contributed by atoms with van der Waals surface area (Å²) < 4.78 is 0. The lowest BCUT2D eigenvalue weighted by Crippen LogP contribution is -1.98. The van der Waals surface area contributed by atoms with E-state index in [0.717, 1.165) is 11.1 Å². The molecule has 0 N–H and O–H groups in total. The Kier molecular flexibility index (Phi) is 5.87. The van der Waals surface area contributed by atoms with Crippen LogP contribution >= 0.6 is 0 Å². The zero-order valence-electron chi connectivity index (χ0n) is 22.3. The summed E-state index contributed by atoms with van der Waals surface area (Å²) in [5.41, 5.74) is 9.34. The Labute approximate surface area is 235 Å². The maximum atomic E-state index is 4.33. The van der Waals surface area contributed by atoms with Gasteiger partial charge in [-0.25, -0.2) is 0 Å². The predicted octanol–water partition coefficient (Wildman–Crippen LogP) is 11.4. The largest absolute Gasteiger partial charge is 0.0984 e. The zero-order valence-corrected chi connectivity index (χ0v) is 22.3. The van der Waals surface area contributed by atoms with Crippen LogP contribution in [0.25, 0.3) is 77.9 Å². The van der Waals surface area contributed by atoms with E-state index < -0.39 is 0 Å². The van der Waals surface area contributed by atoms with Crippen molar-refractivity contribution in [1.29, 1.82) is 0 Å². The van der Waals surface area contributed by atoms with Gasteiger partial charge in [0.2, 0.25) is 0 Å². The van der Waals surface area contributed by atoms with E-state index in [-0.39, 0.29) is 0 Å². The fourth-order valence-corrected chi connectivity index (χ4v) is 6.16. The molecule has 0 saturated heterocycles. The van der Waals surface area contributed by atoms with Crippen LogP contribution < -0.4 is 0 Å². The van der Waals surface area contributed by atoms with E-state index in [1.807, 2.05) is 12.2 Å². The van der Waals surface area contributed by atoms with Crippen LogP contribution in [-0.2, 0) is 0 Å². The van der Waals surface area contributed by atoms with Crippen molar-refractivity contribution < 1.29 is 0 Å². The van der Waals surface area contributed by atoms with E-state index in [0.29, 0.717) is 0 Å². The molecule has 0 saturated carbocycles. The number of benzene rings is 7. The summed E-state index contributed by atoms with van der Waals surface area (Å²) in [6.07, 6.45) is 4.01. The first kappa shape index (κ1) is 23.9. The average Bonchev–Trinajstić information content (AvgIpc) is 3.03. The van der Waals surface area contributed by atoms with Gasteiger partial charge >= 0.3 is 0 Å². The number of hydrogen-bond acceptors (Lipinski definition) is 0. The third-order valence-electron chi connectivity index (χ3n) is 7.98. The number of fused-ring (bicyclic) bond motifs is 3. The topological polar surface area (TPSA) is 0 Å². The predicted molar refractivity (Wildman–Crippen MR) is 175 cm³/mol. The highest BCUT2D eigenvalue weighted by Crippen LogP contribution is 2.47. The monoisotopic (exact) mass is 508 g/mol. The SMILES string of the molecule is C=Cc1c(C=C)c(-c2ccc3ccccc3c2)c2c(-c3ccccc3)cccc2c1-c1ccc2ccccc2c1. The molecule has 0 amide bonds. The first-order valence-corrected chi connectivity index (χ1v) is 13.7. The van der Waals surface area contributed by atoms with Gasteiger partial charge in [-0.05, 0) is 89.0 Å². The molecule has 0 atom stereocenters. The molecule has 0 heterocycles. The minimum atomic E-state index is 1.10. The molecule has 0 spiro atoms. The molecule has 0 radical (unpaired) electrons. The molecule has 0 aliphatic heterocycles. The third-order valence-corrected chi connectivity index (χ3v) is 7.98. The van der Waals surface area contributed by atoms with Crippen LogP contribution in [0, 0.1) is 0 Å². The quantitative estimate of drug-likeness (QED) is 0.217. The number of hydrogen-bond donors (Lipinski definition) is 0. The Morgan fingerprint density at radius 1 is 0.400 bits per heavy atom. The summed E-state index contributed by atoms with van der Waals surface area (Å²) in [6, 6.07) is 48.0. The van der Waals surface area contributed by atoms with Crippen molar-refractivity contribution in [2.75, 3.05) is 0 Å². The van der Waals surface area contributed by atoms with Gasteiger partial charge in [0.05, 0.1) is 0 Å². The second-order valence-corrected chi connectivity index (χ2v) is 10.2. The highest BCUT2D eigenvalue weighted by molar-refractivity contribution is 6.17. The lowest BCUT2D eigenvalue weighted by atomic mass is 9.80. The molecule has 0 unspecified atom stereocenters. The highest BCUT2D eigenvalue weighted by Gasteiger charge is 2.21. The van der Waals surface area contributed by atoms with E-state index in [2.05, 4.69) is 147 Å². The lowest BCUT2D eigenvalue weighted by Gasteiger charge is -2.23. The highest BCUT2D eigenvalue weighted by atomic mass is 14.2. The molecule has 7 rings (SSSR count). The Balaban J connectivity index is 1.67. The third kappa shape index (κ3) is 3.85. The maximum absolute atomic E-state index is 4.33. The molecule has 0 heteroatoms. The van der Waals surface area contributed by atoms with Crippen molar-refractivity contribution in [3.8, 4) is 33.4 Å². The molecular weight excluding hydrogens is 480 g/mol. The fraction of sp³-hybridized carbons (Fsp3) is 0. The minimum Gasteiger partial charge on any atom is -0.0984 e. The molecule has 0 nitrogen and oxygen atoms in total. The van der Waals surface area contributed by atoms with Gasteiger partial charge in [0.15, 0.2) is 0 Å². The van der Waals surface area contributed by atoms with Gasteiger partial charge in [0, 0.05) is 0 Å². The summed E-state index contributed by atoms with van der Waals surface area (Å²) in [5, 5.41) is 7.35. The van der Waals surface area contributed by atoms with Crippen LogP contribution in [-0.4, -0.2) is 0 Å². The fourth-order valence-electron chi connectivity index (χ4n) is 6.16. The molecule has 0 bridgehead atoms. The van der Waals surface area contributed by atoms with Crippen molar-refractivity contribution in [2.24, 2.45) is 0 Å². The Morgan fingerprint density at radius 3 is 1.52 bits per heavy atom. The molecule has 188 valence electrons. The zero-order chi connectivity index (χ0) is 27.1. The second kappa shape index (κ2) is 9.84. The Morgan fingerprint density at radius 2 is 0.925 bits per heavy atom. The average molecular weight is 509 g/mol. The molecule has 7 aromatic carbocycles. The van der Waals surface area contributed by atoms with Gasteiger partial charge in [-0.15, -0.1) is 0 Å². The van der Waals surface area contributed by atoms with Crippen LogP contribution in [0.5, 0.6) is 0 Å². The Hall–Kier alpha value is -5.20. The van der Waals surface area contributed by atoms with Gasteiger partial charge in [0.1, 0.15) is 0 Å². The van der Waals surface area contributed by atoms with Gasteiger partial charge in [0.25, 0.3) is 0 Å². The van der Waals surface area contributed by atoms with Crippen LogP contribution in [0.4, 0.5) is 0 Å². The van der Waals surface area contributed by atoms with Crippen LogP contribution in [0.3, 0.4) is 0 Å². The van der Waals surface area contributed by atoms with Crippen LogP contribution in [0.15, 0.2) is 147 Å². The Bertz CT molecular complexity index is 2080. The standard InChI is InChI=1S/C40H28/c1-3-34-35(4-2)39(33-24-22-28-14-9-11-18-31(28)26-33)40-36(29-15-6-5-7-16-29)19-12-20-37(40)38(34)32-23-21-27-13-8-10-17-30(27)25-32/h3-26H,1-2H2. The smallest absolute Gasteiger partial charge is 0.00141 e. The minimum absolute atomic E-state index is 1.10. The second-order valence-electron chi connectivity index (χ2n) is 10.2. The summed E-state index contributed by atoms with van der Waals surface area (Å²) in [7, 11) is 0. The molecular formula is C40H28. The van der Waals surface area contributed by atoms with E-state index in [1.165, 1.54) is 65.7 Å². The van der Waals surface area contributed by atoms with Crippen molar-refractivity contribution in [2.45, 2.75) is 0 Å². The molecule has 0 aliphatic carbocycles. The van der Waals surface area contributed by atoms with E-state index in [4.69, 9.17) is 0 Å². The van der Waals surface area contributed by atoms with Crippen molar-refractivity contribution in [1.82, 2.24) is 0 Å². The summed E-state index contributed by atoms with van der Waals surface area (Å²) in [5.74, 6) is 0. The molecule has 0 fully saturated rings. The maximum Gasteiger partial charge on any atom is -0.00141 e. The summed E-state index contributed by atoms with van der Waals surface area (Å²) in [6.45, 7) is 8.65. The van der Waals surface area contributed by atoms with Crippen LogP contribution in [0.1, 0.15) is 11.1 Å². The summed E-state index contributed by atoms with van der Waals surface area (Å²) in [4.78, 5) is 0. The molecule has 7 aromatic rings. The first-order valence-electron chi connectivity index (χ1n) is 13.7. The normalized spacial score (nSPS) is 11.2. The van der Waals surface area contributed by atoms with Gasteiger partial charge in [-0.1, -0.05) is 147 Å².